The molecule has 0 radical (unpaired) electrons. The minimum atomic E-state index is -0.537. The van der Waals surface area contributed by atoms with Gasteiger partial charge in [0.15, 0.2) is 11.5 Å². The maximum atomic E-state index is 13.5. The highest BCUT2D eigenvalue weighted by Crippen LogP contribution is 2.33. The maximum absolute atomic E-state index is 13.5. The Balaban J connectivity index is 1.39. The molecular weight excluding hydrogens is 470 g/mol. The van der Waals surface area contributed by atoms with E-state index in [4.69, 9.17) is 14.2 Å². The number of fused-ring (bicyclic) bond motifs is 3. The number of ether oxygens (including phenoxy) is 3. The maximum Gasteiger partial charge on any atom is 0.332 e. The van der Waals surface area contributed by atoms with Gasteiger partial charge in [-0.25, -0.2) is 4.79 Å². The molecule has 178 valence electrons. The number of amides is 1. The molecule has 2 aromatic carbocycles. The third kappa shape index (κ3) is 3.66. The Kier molecular flexibility index (Phi) is 5.10. The number of thiophene rings is 1. The number of nitrogens with zero attached hydrogens (tertiary/aromatic N) is 3. The van der Waals surface area contributed by atoms with E-state index in [1.165, 1.54) is 20.5 Å². The Hall–Kier alpha value is -4.05. The zero-order valence-corrected chi connectivity index (χ0v) is 19.7. The lowest BCUT2D eigenvalue weighted by Gasteiger charge is -2.30. The lowest BCUT2D eigenvalue weighted by molar-refractivity contribution is -0.119. The van der Waals surface area contributed by atoms with Crippen molar-refractivity contribution < 1.29 is 19.0 Å². The third-order valence-corrected chi connectivity index (χ3v) is 7.08. The van der Waals surface area contributed by atoms with E-state index in [-0.39, 0.29) is 31.3 Å². The van der Waals surface area contributed by atoms with E-state index in [1.807, 2.05) is 25.1 Å². The topological polar surface area (TPSA) is 92.0 Å². The van der Waals surface area contributed by atoms with Crippen LogP contribution in [-0.2, 0) is 17.9 Å². The number of carbonyl (C=O) groups excluding carboxylic acids is 1. The number of benzene rings is 2. The van der Waals surface area contributed by atoms with Gasteiger partial charge in [0.2, 0.25) is 12.7 Å². The van der Waals surface area contributed by atoms with Gasteiger partial charge in [0.25, 0.3) is 5.56 Å². The summed E-state index contributed by atoms with van der Waals surface area (Å²) in [6.45, 7) is 2.70. The summed E-state index contributed by atoms with van der Waals surface area (Å²) in [6.07, 6.45) is 0. The molecule has 0 bridgehead atoms. The average molecular weight is 492 g/mol. The van der Waals surface area contributed by atoms with E-state index < -0.39 is 5.69 Å². The molecule has 9 nitrogen and oxygen atoms in total. The molecule has 0 fully saturated rings. The van der Waals surface area contributed by atoms with Gasteiger partial charge in [0.1, 0.15) is 23.6 Å². The largest absolute Gasteiger partial charge is 0.490 e. The van der Waals surface area contributed by atoms with Gasteiger partial charge in [0, 0.05) is 0 Å². The standard InChI is InChI=1S/C25H21N3O6S/c1-15-2-4-19-18(10-15)26(7-8-32-19)22(29)13-27-17-6-9-35-23(17)24(30)28(25(27)31)12-16-3-5-20-21(11-16)34-14-33-20/h2-6,9-11H,7-8,12-14H2,1H3. The van der Waals surface area contributed by atoms with Crippen LogP contribution in [-0.4, -0.2) is 35.0 Å². The number of hydrogen-bond donors (Lipinski definition) is 0. The van der Waals surface area contributed by atoms with Crippen LogP contribution in [0.15, 0.2) is 57.4 Å². The molecule has 6 rings (SSSR count). The highest BCUT2D eigenvalue weighted by atomic mass is 32.1. The van der Waals surface area contributed by atoms with Crippen molar-refractivity contribution in [1.82, 2.24) is 9.13 Å². The van der Waals surface area contributed by atoms with Crippen LogP contribution in [0.1, 0.15) is 11.1 Å². The quantitative estimate of drug-likeness (QED) is 0.436. The molecular formula is C25H21N3O6S. The Morgan fingerprint density at radius 1 is 0.971 bits per heavy atom. The number of anilines is 1. The molecule has 2 aliphatic rings. The van der Waals surface area contributed by atoms with Gasteiger partial charge < -0.3 is 19.1 Å². The smallest absolute Gasteiger partial charge is 0.332 e. The monoisotopic (exact) mass is 491 g/mol. The molecule has 0 saturated carbocycles. The van der Waals surface area contributed by atoms with Crippen LogP contribution in [0.2, 0.25) is 0 Å². The highest BCUT2D eigenvalue weighted by molar-refractivity contribution is 7.17. The van der Waals surface area contributed by atoms with Gasteiger partial charge in [-0.3, -0.25) is 18.7 Å². The van der Waals surface area contributed by atoms with E-state index in [2.05, 4.69) is 0 Å². The van der Waals surface area contributed by atoms with Crippen molar-refractivity contribution >= 4 is 33.1 Å². The number of aryl methyl sites for hydroxylation is 1. The second-order valence-corrected chi connectivity index (χ2v) is 9.36. The molecule has 35 heavy (non-hydrogen) atoms. The first kappa shape index (κ1) is 21.5. The number of rotatable bonds is 4. The predicted octanol–water partition coefficient (Wildman–Crippen LogP) is 2.74. The van der Waals surface area contributed by atoms with Crippen molar-refractivity contribution in [2.45, 2.75) is 20.0 Å². The first-order valence-electron chi connectivity index (χ1n) is 11.1. The van der Waals surface area contributed by atoms with Crippen LogP contribution in [0.3, 0.4) is 0 Å². The molecule has 10 heteroatoms. The van der Waals surface area contributed by atoms with E-state index in [0.717, 1.165) is 11.1 Å². The Morgan fingerprint density at radius 3 is 2.69 bits per heavy atom. The summed E-state index contributed by atoms with van der Waals surface area (Å²) in [6, 6.07) is 12.7. The van der Waals surface area contributed by atoms with Gasteiger partial charge in [0.05, 0.1) is 24.3 Å². The van der Waals surface area contributed by atoms with Gasteiger partial charge in [-0.15, -0.1) is 11.3 Å². The van der Waals surface area contributed by atoms with Crippen molar-refractivity contribution in [2.24, 2.45) is 0 Å². The zero-order valence-electron chi connectivity index (χ0n) is 18.9. The second-order valence-electron chi connectivity index (χ2n) is 8.45. The summed E-state index contributed by atoms with van der Waals surface area (Å²) >= 11 is 1.25. The van der Waals surface area contributed by atoms with Gasteiger partial charge in [-0.2, -0.15) is 0 Å². The fourth-order valence-corrected chi connectivity index (χ4v) is 5.30. The first-order chi connectivity index (χ1) is 17.0. The number of hydrogen-bond acceptors (Lipinski definition) is 7. The number of aromatic nitrogens is 2. The SMILES string of the molecule is Cc1ccc2c(c1)N(C(=O)Cn1c(=O)n(Cc3ccc4c(c3)OCO4)c(=O)c3sccc31)CCO2. The van der Waals surface area contributed by atoms with Crippen LogP contribution < -0.4 is 30.4 Å². The van der Waals surface area contributed by atoms with E-state index in [1.54, 1.807) is 34.5 Å². The molecule has 0 aliphatic carbocycles. The van der Waals surface area contributed by atoms with Gasteiger partial charge in [-0.1, -0.05) is 12.1 Å². The molecule has 0 N–H and O–H groups in total. The van der Waals surface area contributed by atoms with Crippen LogP contribution >= 0.6 is 11.3 Å². The molecule has 0 unspecified atom stereocenters. The lowest BCUT2D eigenvalue weighted by atomic mass is 10.1. The second kappa shape index (κ2) is 8.31. The van der Waals surface area contributed by atoms with Crippen molar-refractivity contribution in [2.75, 3.05) is 24.8 Å². The minimum Gasteiger partial charge on any atom is -0.490 e. The van der Waals surface area contributed by atoms with Crippen LogP contribution in [0.25, 0.3) is 10.2 Å². The molecule has 0 saturated heterocycles. The molecule has 1 amide bonds. The normalized spacial score (nSPS) is 14.1. The fraction of sp³-hybridized carbons (Fsp3) is 0.240. The van der Waals surface area contributed by atoms with Crippen molar-refractivity contribution in [3.8, 4) is 17.2 Å². The lowest BCUT2D eigenvalue weighted by Crippen LogP contribution is -2.45. The third-order valence-electron chi connectivity index (χ3n) is 6.19. The Labute approximate surface area is 203 Å². The van der Waals surface area contributed by atoms with Crippen molar-refractivity contribution in [1.29, 1.82) is 0 Å². The van der Waals surface area contributed by atoms with Crippen LogP contribution in [0, 0.1) is 6.92 Å². The summed E-state index contributed by atoms with van der Waals surface area (Å²) in [4.78, 5) is 41.8. The molecule has 2 aliphatic heterocycles. The summed E-state index contributed by atoms with van der Waals surface area (Å²) in [5.74, 6) is 1.59. The van der Waals surface area contributed by atoms with Crippen molar-refractivity contribution in [3.63, 3.8) is 0 Å². The van der Waals surface area contributed by atoms with Crippen LogP contribution in [0.4, 0.5) is 5.69 Å². The predicted molar refractivity (Wildman–Crippen MR) is 131 cm³/mol. The summed E-state index contributed by atoms with van der Waals surface area (Å²) in [5.41, 5.74) is 1.95. The zero-order chi connectivity index (χ0) is 24.1. The molecule has 0 spiro atoms. The molecule has 0 atom stereocenters. The average Bonchev–Trinajstić information content (AvgIpc) is 3.53. The van der Waals surface area contributed by atoms with Crippen LogP contribution in [0.5, 0.6) is 17.2 Å². The molecule has 2 aromatic heterocycles. The Bertz CT molecular complexity index is 1600. The summed E-state index contributed by atoms with van der Waals surface area (Å²) in [7, 11) is 0. The highest BCUT2D eigenvalue weighted by Gasteiger charge is 2.26. The number of carbonyl (C=O) groups is 1. The fourth-order valence-electron chi connectivity index (χ4n) is 4.45. The summed E-state index contributed by atoms with van der Waals surface area (Å²) < 4.78 is 19.4. The van der Waals surface area contributed by atoms with E-state index >= 15 is 0 Å². The van der Waals surface area contributed by atoms with Gasteiger partial charge in [-0.05, 0) is 53.8 Å². The van der Waals surface area contributed by atoms with Gasteiger partial charge >= 0.3 is 5.69 Å². The van der Waals surface area contributed by atoms with E-state index in [0.29, 0.717) is 46.3 Å². The molecule has 4 heterocycles. The summed E-state index contributed by atoms with van der Waals surface area (Å²) in [5, 5.41) is 1.75. The molecule has 4 aromatic rings. The van der Waals surface area contributed by atoms with E-state index in [9.17, 15) is 14.4 Å². The Morgan fingerprint density at radius 2 is 1.80 bits per heavy atom. The first-order valence-corrected chi connectivity index (χ1v) is 12.0. The minimum absolute atomic E-state index is 0.0515. The van der Waals surface area contributed by atoms with Crippen molar-refractivity contribution in [3.05, 3.63) is 79.8 Å².